The van der Waals surface area contributed by atoms with E-state index >= 15 is 0 Å². The molecule has 2 N–H and O–H groups in total. The van der Waals surface area contributed by atoms with Crippen molar-refractivity contribution in [3.8, 4) is 11.8 Å². The number of piperidine rings is 1. The van der Waals surface area contributed by atoms with Crippen LogP contribution in [0.1, 0.15) is 19.8 Å². The van der Waals surface area contributed by atoms with Gasteiger partial charge >= 0.3 is 0 Å². The van der Waals surface area contributed by atoms with Gasteiger partial charge in [-0.05, 0) is 54.9 Å². The normalized spacial score (nSPS) is 17.5. The van der Waals surface area contributed by atoms with Gasteiger partial charge in [-0.25, -0.2) is 9.97 Å². The van der Waals surface area contributed by atoms with Crippen molar-refractivity contribution in [2.75, 3.05) is 30.8 Å². The molecule has 3 aromatic rings. The molecular formula is C23H26ClN7O2S. The van der Waals surface area contributed by atoms with Gasteiger partial charge in [0.15, 0.2) is 5.65 Å². The zero-order valence-corrected chi connectivity index (χ0v) is 20.6. The summed E-state index contributed by atoms with van der Waals surface area (Å²) in [7, 11) is 1.97. The van der Waals surface area contributed by atoms with Gasteiger partial charge in [-0.15, -0.1) is 12.4 Å². The van der Waals surface area contributed by atoms with Crippen molar-refractivity contribution in [3.05, 3.63) is 42.9 Å². The molecule has 178 valence electrons. The van der Waals surface area contributed by atoms with E-state index in [1.165, 1.54) is 6.33 Å². The summed E-state index contributed by atoms with van der Waals surface area (Å²) >= 11 is 5.50. The summed E-state index contributed by atoms with van der Waals surface area (Å²) in [5.74, 6) is 1.55. The number of fused-ring (bicyclic) bond motifs is 1. The van der Waals surface area contributed by atoms with Gasteiger partial charge in [0.05, 0.1) is 17.5 Å². The Bertz CT molecular complexity index is 1220. The number of nitrogens with two attached hydrogens (primary N) is 1. The summed E-state index contributed by atoms with van der Waals surface area (Å²) in [5.41, 5.74) is 7.01. The molecular weight excluding hydrogens is 474 g/mol. The lowest BCUT2D eigenvalue weighted by atomic mass is 9.92. The van der Waals surface area contributed by atoms with Gasteiger partial charge in [0.2, 0.25) is 5.91 Å². The van der Waals surface area contributed by atoms with Crippen molar-refractivity contribution in [1.82, 2.24) is 19.4 Å². The fourth-order valence-corrected chi connectivity index (χ4v) is 4.41. The van der Waals surface area contributed by atoms with Crippen LogP contribution in [0.25, 0.3) is 11.0 Å². The number of hydrogen-bond acceptors (Lipinski definition) is 8. The molecule has 1 amide bonds. The van der Waals surface area contributed by atoms with Crippen LogP contribution in [0.2, 0.25) is 0 Å². The van der Waals surface area contributed by atoms with E-state index in [1.807, 2.05) is 25.4 Å². The minimum Gasteiger partial charge on any atom is -0.431 e. The molecule has 0 saturated carbocycles. The minimum atomic E-state index is -0.132. The molecule has 2 atom stereocenters. The number of likely N-dealkylation sites (tertiary alicyclic amines) is 1. The number of carbonyl (C=O) groups excluding carboxylic acids is 1. The number of amides is 1. The molecule has 1 aliphatic heterocycles. The number of thiocarbonyl (C=S) groups is 1. The van der Waals surface area contributed by atoms with E-state index in [-0.39, 0.29) is 36.0 Å². The fraction of sp³-hybridized carbons (Fsp3) is 0.348. The van der Waals surface area contributed by atoms with Crippen LogP contribution in [-0.2, 0) is 4.79 Å². The summed E-state index contributed by atoms with van der Waals surface area (Å²) in [4.78, 5) is 25.1. The molecule has 0 bridgehead atoms. The third-order valence-electron chi connectivity index (χ3n) is 6.08. The second-order valence-corrected chi connectivity index (χ2v) is 8.53. The Balaban J connectivity index is 0.00000324. The molecule has 34 heavy (non-hydrogen) atoms. The zero-order valence-electron chi connectivity index (χ0n) is 18.9. The molecule has 3 heterocycles. The topological polar surface area (TPSA) is 113 Å². The number of carbonyl (C=O) groups is 1. The van der Waals surface area contributed by atoms with E-state index in [4.69, 9.17) is 28.0 Å². The highest BCUT2D eigenvalue weighted by Crippen LogP contribution is 2.30. The van der Waals surface area contributed by atoms with E-state index in [1.54, 1.807) is 33.7 Å². The van der Waals surface area contributed by atoms with Crippen LogP contribution < -0.4 is 15.4 Å². The second-order valence-electron chi connectivity index (χ2n) is 8.18. The van der Waals surface area contributed by atoms with Crippen LogP contribution in [0, 0.1) is 17.2 Å². The molecule has 1 aromatic carbocycles. The highest BCUT2D eigenvalue weighted by molar-refractivity contribution is 7.80. The molecule has 4 rings (SSSR count). The van der Waals surface area contributed by atoms with Gasteiger partial charge < -0.3 is 20.3 Å². The number of anilines is 2. The molecule has 1 saturated heterocycles. The maximum Gasteiger partial charge on any atom is 0.274 e. The highest BCUT2D eigenvalue weighted by Gasteiger charge is 2.32. The first-order valence-corrected chi connectivity index (χ1v) is 11.1. The van der Waals surface area contributed by atoms with Crippen LogP contribution in [0.4, 0.5) is 11.5 Å². The van der Waals surface area contributed by atoms with Gasteiger partial charge in [-0.3, -0.25) is 9.36 Å². The van der Waals surface area contributed by atoms with Crippen molar-refractivity contribution in [2.24, 2.45) is 5.92 Å². The monoisotopic (exact) mass is 499 g/mol. The van der Waals surface area contributed by atoms with Crippen molar-refractivity contribution >= 4 is 58.2 Å². The zero-order chi connectivity index (χ0) is 23.5. The second kappa shape index (κ2) is 10.7. The Kier molecular flexibility index (Phi) is 7.91. The number of nitrogens with zero attached hydrogens (tertiary/aromatic N) is 6. The summed E-state index contributed by atoms with van der Waals surface area (Å²) in [6, 6.07) is 10.9. The Morgan fingerprint density at radius 1 is 1.32 bits per heavy atom. The largest absolute Gasteiger partial charge is 0.431 e. The number of halogens is 1. The standard InChI is InChI=1S/C23H25N7O2S.ClH/c1-15-8-11-29(20(31)7-10-24)13-19(15)28(2)21-18-9-12-30(22(18)27-14-26-21)23(33)32-17-5-3-16(25)4-6-17;/h3-6,9,12,14-15,19H,7-8,11,13,25H2,1-2H3;1H/t15-,19+;/m1./s1. The predicted molar refractivity (Wildman–Crippen MR) is 137 cm³/mol. The lowest BCUT2D eigenvalue weighted by Gasteiger charge is -2.42. The maximum atomic E-state index is 12.3. The van der Waals surface area contributed by atoms with Crippen LogP contribution in [-0.4, -0.2) is 56.7 Å². The van der Waals surface area contributed by atoms with Crippen LogP contribution >= 0.6 is 24.6 Å². The van der Waals surface area contributed by atoms with E-state index in [0.717, 1.165) is 17.6 Å². The van der Waals surface area contributed by atoms with Crippen LogP contribution in [0.15, 0.2) is 42.9 Å². The Labute approximate surface area is 209 Å². The van der Waals surface area contributed by atoms with Gasteiger partial charge in [-0.2, -0.15) is 5.26 Å². The average molecular weight is 500 g/mol. The van der Waals surface area contributed by atoms with Crippen molar-refractivity contribution in [2.45, 2.75) is 25.8 Å². The molecule has 2 aromatic heterocycles. The van der Waals surface area contributed by atoms with Crippen molar-refractivity contribution in [3.63, 3.8) is 0 Å². The molecule has 9 nitrogen and oxygen atoms in total. The lowest BCUT2D eigenvalue weighted by molar-refractivity contribution is -0.131. The molecule has 0 spiro atoms. The van der Waals surface area contributed by atoms with E-state index in [2.05, 4.69) is 21.8 Å². The number of hydrogen-bond donors (Lipinski definition) is 1. The Morgan fingerprint density at radius 3 is 2.76 bits per heavy atom. The Morgan fingerprint density at radius 2 is 2.06 bits per heavy atom. The molecule has 1 aliphatic rings. The van der Waals surface area contributed by atoms with Crippen molar-refractivity contribution in [1.29, 1.82) is 5.26 Å². The van der Waals surface area contributed by atoms with Gasteiger partial charge in [0.1, 0.15) is 24.3 Å². The minimum absolute atomic E-state index is 0. The average Bonchev–Trinajstić information content (AvgIpc) is 3.25. The molecule has 0 aliphatic carbocycles. The number of ether oxygens (including phenoxy) is 1. The molecule has 0 unspecified atom stereocenters. The smallest absolute Gasteiger partial charge is 0.274 e. The number of nitrogen functional groups attached to an aromatic ring is 1. The molecule has 11 heteroatoms. The molecule has 0 radical (unpaired) electrons. The van der Waals surface area contributed by atoms with E-state index in [0.29, 0.717) is 36.1 Å². The predicted octanol–water partition coefficient (Wildman–Crippen LogP) is 3.23. The summed E-state index contributed by atoms with van der Waals surface area (Å²) < 4.78 is 7.51. The van der Waals surface area contributed by atoms with E-state index < -0.39 is 0 Å². The lowest BCUT2D eigenvalue weighted by Crippen LogP contribution is -2.52. The van der Waals surface area contributed by atoms with Crippen LogP contribution in [0.3, 0.4) is 0 Å². The SMILES string of the molecule is C[C@@H]1CCN(C(=O)CC#N)C[C@@H]1N(C)c1ncnc2c1ccn2C(=S)Oc1ccc(N)cc1.Cl. The van der Waals surface area contributed by atoms with E-state index in [9.17, 15) is 4.79 Å². The summed E-state index contributed by atoms with van der Waals surface area (Å²) in [5, 5.41) is 9.96. The first-order valence-electron chi connectivity index (χ1n) is 10.7. The number of aromatic nitrogens is 3. The maximum absolute atomic E-state index is 12.3. The highest BCUT2D eigenvalue weighted by atomic mass is 35.5. The quantitative estimate of drug-likeness (QED) is 0.430. The van der Waals surface area contributed by atoms with Crippen LogP contribution in [0.5, 0.6) is 5.75 Å². The summed E-state index contributed by atoms with van der Waals surface area (Å²) in [6.07, 6.45) is 4.07. The van der Waals surface area contributed by atoms with Gasteiger partial charge in [-0.1, -0.05) is 6.92 Å². The summed E-state index contributed by atoms with van der Waals surface area (Å²) in [6.45, 7) is 3.38. The third kappa shape index (κ3) is 5.05. The van der Waals surface area contributed by atoms with Gasteiger partial charge in [0, 0.05) is 32.0 Å². The first-order chi connectivity index (χ1) is 15.9. The first kappa shape index (κ1) is 25.2. The number of likely N-dealkylation sites (N-methyl/N-ethyl adjacent to an activating group) is 1. The number of benzene rings is 1. The van der Waals surface area contributed by atoms with Crippen molar-refractivity contribution < 1.29 is 9.53 Å². The third-order valence-corrected chi connectivity index (χ3v) is 6.36. The number of nitriles is 1. The fourth-order valence-electron chi connectivity index (χ4n) is 4.17. The number of rotatable bonds is 4. The molecule has 1 fully saturated rings. The van der Waals surface area contributed by atoms with Gasteiger partial charge in [0.25, 0.3) is 5.17 Å². The Hall–Kier alpha value is -3.42.